The first-order chi connectivity index (χ1) is 10.3. The van der Waals surface area contributed by atoms with Gasteiger partial charge in [0.15, 0.2) is 0 Å². The van der Waals surface area contributed by atoms with Crippen LogP contribution < -0.4 is 5.32 Å². The molecule has 0 radical (unpaired) electrons. The SMILES string of the molecule is CCN(CC)C(=O)CCNCc1cccc2ccccc12. The summed E-state index contributed by atoms with van der Waals surface area (Å²) >= 11 is 0. The maximum atomic E-state index is 11.9. The van der Waals surface area contributed by atoms with E-state index in [0.29, 0.717) is 6.42 Å². The Balaban J connectivity index is 1.87. The third kappa shape index (κ3) is 4.05. The van der Waals surface area contributed by atoms with Crippen molar-refractivity contribution in [3.05, 3.63) is 48.0 Å². The van der Waals surface area contributed by atoms with E-state index in [0.717, 1.165) is 26.2 Å². The molecule has 0 heterocycles. The molecule has 0 saturated heterocycles. The predicted octanol–water partition coefficient (Wildman–Crippen LogP) is 3.19. The minimum Gasteiger partial charge on any atom is -0.343 e. The zero-order valence-electron chi connectivity index (χ0n) is 12.9. The summed E-state index contributed by atoms with van der Waals surface area (Å²) in [6.07, 6.45) is 0.562. The molecule has 1 N–H and O–H groups in total. The van der Waals surface area contributed by atoms with Crippen LogP contribution >= 0.6 is 0 Å². The van der Waals surface area contributed by atoms with Crippen molar-refractivity contribution in [2.45, 2.75) is 26.8 Å². The highest BCUT2D eigenvalue weighted by atomic mass is 16.2. The Kier molecular flexibility index (Phi) is 5.76. The second-order valence-electron chi connectivity index (χ2n) is 5.13. The lowest BCUT2D eigenvalue weighted by atomic mass is 10.0. The van der Waals surface area contributed by atoms with Gasteiger partial charge in [0.1, 0.15) is 0 Å². The van der Waals surface area contributed by atoms with Gasteiger partial charge in [0.25, 0.3) is 0 Å². The molecule has 0 unspecified atom stereocenters. The normalized spacial score (nSPS) is 10.8. The van der Waals surface area contributed by atoms with Crippen LogP contribution in [-0.4, -0.2) is 30.4 Å². The fourth-order valence-electron chi connectivity index (χ4n) is 2.60. The summed E-state index contributed by atoms with van der Waals surface area (Å²) in [5.74, 6) is 0.227. The van der Waals surface area contributed by atoms with Crippen molar-refractivity contribution in [1.82, 2.24) is 10.2 Å². The first kappa shape index (κ1) is 15.5. The molecule has 0 spiro atoms. The summed E-state index contributed by atoms with van der Waals surface area (Å²) in [5, 5.41) is 5.92. The minimum absolute atomic E-state index is 0.227. The number of hydrogen-bond acceptors (Lipinski definition) is 2. The Hall–Kier alpha value is -1.87. The fourth-order valence-corrected chi connectivity index (χ4v) is 2.60. The molecule has 0 aliphatic heterocycles. The lowest BCUT2D eigenvalue weighted by Crippen LogP contribution is -2.32. The van der Waals surface area contributed by atoms with Gasteiger partial charge < -0.3 is 10.2 Å². The van der Waals surface area contributed by atoms with Crippen molar-refractivity contribution in [1.29, 1.82) is 0 Å². The molecule has 21 heavy (non-hydrogen) atoms. The average molecular weight is 284 g/mol. The summed E-state index contributed by atoms with van der Waals surface area (Å²) in [6, 6.07) is 14.7. The maximum absolute atomic E-state index is 11.9. The molecule has 0 saturated carbocycles. The molecular formula is C18H24N2O. The molecule has 2 aromatic carbocycles. The standard InChI is InChI=1S/C18H24N2O/c1-3-20(4-2)18(21)12-13-19-14-16-10-7-9-15-8-5-6-11-17(15)16/h5-11,19H,3-4,12-14H2,1-2H3. The number of carbonyl (C=O) groups excluding carboxylic acids is 1. The molecule has 0 bridgehead atoms. The van der Waals surface area contributed by atoms with Crippen LogP contribution in [0.2, 0.25) is 0 Å². The maximum Gasteiger partial charge on any atom is 0.223 e. The van der Waals surface area contributed by atoms with E-state index in [9.17, 15) is 4.79 Å². The van der Waals surface area contributed by atoms with Gasteiger partial charge in [-0.25, -0.2) is 0 Å². The molecule has 2 rings (SSSR count). The molecular weight excluding hydrogens is 260 g/mol. The average Bonchev–Trinajstić information content (AvgIpc) is 2.53. The molecule has 2 aromatic rings. The summed E-state index contributed by atoms with van der Waals surface area (Å²) in [5.41, 5.74) is 1.28. The number of rotatable bonds is 7. The second kappa shape index (κ2) is 7.79. The van der Waals surface area contributed by atoms with Gasteiger partial charge in [0.2, 0.25) is 5.91 Å². The summed E-state index contributed by atoms with van der Waals surface area (Å²) in [4.78, 5) is 13.8. The van der Waals surface area contributed by atoms with Crippen LogP contribution in [-0.2, 0) is 11.3 Å². The highest BCUT2D eigenvalue weighted by molar-refractivity contribution is 5.85. The van der Waals surface area contributed by atoms with Gasteiger partial charge in [0.05, 0.1) is 0 Å². The number of amides is 1. The van der Waals surface area contributed by atoms with Gasteiger partial charge in [0, 0.05) is 32.6 Å². The molecule has 0 aliphatic rings. The van der Waals surface area contributed by atoms with Gasteiger partial charge in [-0.15, -0.1) is 0 Å². The summed E-state index contributed by atoms with van der Waals surface area (Å²) < 4.78 is 0. The molecule has 3 heteroatoms. The Morgan fingerprint density at radius 3 is 2.52 bits per heavy atom. The quantitative estimate of drug-likeness (QED) is 0.792. The number of hydrogen-bond donors (Lipinski definition) is 1. The van der Waals surface area contributed by atoms with E-state index in [2.05, 4.69) is 47.8 Å². The lowest BCUT2D eigenvalue weighted by Gasteiger charge is -2.18. The number of carbonyl (C=O) groups is 1. The molecule has 3 nitrogen and oxygen atoms in total. The lowest BCUT2D eigenvalue weighted by molar-refractivity contribution is -0.130. The van der Waals surface area contributed by atoms with Crippen LogP contribution in [0.4, 0.5) is 0 Å². The number of benzene rings is 2. The van der Waals surface area contributed by atoms with E-state index < -0.39 is 0 Å². The third-order valence-electron chi connectivity index (χ3n) is 3.83. The van der Waals surface area contributed by atoms with Crippen molar-refractivity contribution in [3.8, 4) is 0 Å². The third-order valence-corrected chi connectivity index (χ3v) is 3.83. The monoisotopic (exact) mass is 284 g/mol. The van der Waals surface area contributed by atoms with Gasteiger partial charge in [-0.1, -0.05) is 42.5 Å². The molecule has 112 valence electrons. The number of fused-ring (bicyclic) bond motifs is 1. The molecule has 0 aliphatic carbocycles. The minimum atomic E-state index is 0.227. The fraction of sp³-hybridized carbons (Fsp3) is 0.389. The van der Waals surface area contributed by atoms with Crippen molar-refractivity contribution >= 4 is 16.7 Å². The van der Waals surface area contributed by atoms with Crippen LogP contribution in [0, 0.1) is 0 Å². The van der Waals surface area contributed by atoms with Crippen molar-refractivity contribution in [2.75, 3.05) is 19.6 Å². The van der Waals surface area contributed by atoms with E-state index in [1.54, 1.807) is 0 Å². The van der Waals surface area contributed by atoms with Crippen molar-refractivity contribution in [2.24, 2.45) is 0 Å². The van der Waals surface area contributed by atoms with Crippen LogP contribution in [0.1, 0.15) is 25.8 Å². The molecule has 0 fully saturated rings. The van der Waals surface area contributed by atoms with Gasteiger partial charge in [-0.3, -0.25) is 4.79 Å². The first-order valence-corrected chi connectivity index (χ1v) is 7.71. The highest BCUT2D eigenvalue weighted by Gasteiger charge is 2.08. The Labute approximate surface area is 127 Å². The number of nitrogens with one attached hydrogen (secondary N) is 1. The van der Waals surface area contributed by atoms with E-state index in [4.69, 9.17) is 0 Å². The predicted molar refractivity (Wildman–Crippen MR) is 88.2 cm³/mol. The smallest absolute Gasteiger partial charge is 0.223 e. The van der Waals surface area contributed by atoms with Gasteiger partial charge >= 0.3 is 0 Å². The largest absolute Gasteiger partial charge is 0.343 e. The summed E-state index contributed by atoms with van der Waals surface area (Å²) in [6.45, 7) is 7.14. The van der Waals surface area contributed by atoms with Crippen LogP contribution in [0.15, 0.2) is 42.5 Å². The van der Waals surface area contributed by atoms with Gasteiger partial charge in [-0.05, 0) is 30.2 Å². The molecule has 0 atom stereocenters. The van der Waals surface area contributed by atoms with Crippen LogP contribution in [0.5, 0.6) is 0 Å². The number of nitrogens with zero attached hydrogens (tertiary/aromatic N) is 1. The Morgan fingerprint density at radius 1 is 1.05 bits per heavy atom. The van der Waals surface area contributed by atoms with E-state index in [-0.39, 0.29) is 5.91 Å². The van der Waals surface area contributed by atoms with E-state index in [1.165, 1.54) is 16.3 Å². The topological polar surface area (TPSA) is 32.3 Å². The highest BCUT2D eigenvalue weighted by Crippen LogP contribution is 2.18. The van der Waals surface area contributed by atoms with Crippen molar-refractivity contribution in [3.63, 3.8) is 0 Å². The molecule has 1 amide bonds. The summed E-state index contributed by atoms with van der Waals surface area (Å²) in [7, 11) is 0. The van der Waals surface area contributed by atoms with E-state index >= 15 is 0 Å². The van der Waals surface area contributed by atoms with Gasteiger partial charge in [-0.2, -0.15) is 0 Å². The zero-order chi connectivity index (χ0) is 15.1. The van der Waals surface area contributed by atoms with Crippen LogP contribution in [0.3, 0.4) is 0 Å². The van der Waals surface area contributed by atoms with Crippen LogP contribution in [0.25, 0.3) is 10.8 Å². The first-order valence-electron chi connectivity index (χ1n) is 7.71. The second-order valence-corrected chi connectivity index (χ2v) is 5.13. The Bertz CT molecular complexity index is 585. The van der Waals surface area contributed by atoms with E-state index in [1.807, 2.05) is 18.7 Å². The molecule has 0 aromatic heterocycles. The van der Waals surface area contributed by atoms with Crippen molar-refractivity contribution < 1.29 is 4.79 Å². The Morgan fingerprint density at radius 2 is 1.76 bits per heavy atom. The zero-order valence-corrected chi connectivity index (χ0v) is 12.9.